The van der Waals surface area contributed by atoms with Gasteiger partial charge < -0.3 is 25.0 Å². The molecular weight excluding hydrogens is 340 g/mol. The molecule has 0 spiro atoms. The Hall–Kier alpha value is -1.79. The highest BCUT2D eigenvalue weighted by atomic mass is 16.5. The highest BCUT2D eigenvalue weighted by molar-refractivity contribution is 5.79. The molecule has 0 saturated carbocycles. The van der Waals surface area contributed by atoms with Crippen LogP contribution in [0.2, 0.25) is 0 Å². The summed E-state index contributed by atoms with van der Waals surface area (Å²) in [5.41, 5.74) is 1.22. The van der Waals surface area contributed by atoms with Crippen molar-refractivity contribution in [3.8, 4) is 5.75 Å². The molecular formula is C21H36N4O2. The molecule has 1 saturated heterocycles. The molecule has 0 aromatic heterocycles. The SMILES string of the molecule is CCNC(=NCC1(N(C)C)CCOCC1)NCC(C)Oc1ccccc1C. The molecule has 2 rings (SSSR count). The fourth-order valence-electron chi connectivity index (χ4n) is 3.25. The summed E-state index contributed by atoms with van der Waals surface area (Å²) >= 11 is 0. The maximum absolute atomic E-state index is 6.06. The number of aliphatic imine (C=N–C) groups is 1. The van der Waals surface area contributed by atoms with Gasteiger partial charge in [0.2, 0.25) is 0 Å². The van der Waals surface area contributed by atoms with Gasteiger partial charge in [0.05, 0.1) is 13.1 Å². The Morgan fingerprint density at radius 3 is 2.59 bits per heavy atom. The van der Waals surface area contributed by atoms with Gasteiger partial charge in [0.1, 0.15) is 11.9 Å². The van der Waals surface area contributed by atoms with Crippen LogP contribution < -0.4 is 15.4 Å². The van der Waals surface area contributed by atoms with Gasteiger partial charge in [0, 0.05) is 25.3 Å². The summed E-state index contributed by atoms with van der Waals surface area (Å²) in [5.74, 6) is 1.77. The molecule has 6 heteroatoms. The number of hydrogen-bond acceptors (Lipinski definition) is 4. The molecule has 1 aromatic rings. The highest BCUT2D eigenvalue weighted by Crippen LogP contribution is 2.26. The molecule has 1 heterocycles. The second-order valence-electron chi connectivity index (χ2n) is 7.50. The third kappa shape index (κ3) is 6.40. The van der Waals surface area contributed by atoms with E-state index in [2.05, 4.69) is 56.5 Å². The molecule has 27 heavy (non-hydrogen) atoms. The second kappa shape index (κ2) is 10.5. The van der Waals surface area contributed by atoms with Gasteiger partial charge in [-0.15, -0.1) is 0 Å². The van der Waals surface area contributed by atoms with Crippen molar-refractivity contribution in [2.45, 2.75) is 45.3 Å². The number of aryl methyl sites for hydroxylation is 1. The molecule has 1 aromatic carbocycles. The summed E-state index contributed by atoms with van der Waals surface area (Å²) in [4.78, 5) is 7.17. The molecule has 0 aliphatic carbocycles. The van der Waals surface area contributed by atoms with Gasteiger partial charge in [0.15, 0.2) is 5.96 Å². The van der Waals surface area contributed by atoms with Gasteiger partial charge in [-0.25, -0.2) is 0 Å². The Labute approximate surface area is 164 Å². The molecule has 1 fully saturated rings. The molecule has 2 N–H and O–H groups in total. The summed E-state index contributed by atoms with van der Waals surface area (Å²) in [7, 11) is 4.28. The average molecular weight is 377 g/mol. The quantitative estimate of drug-likeness (QED) is 0.539. The van der Waals surface area contributed by atoms with Crippen molar-refractivity contribution in [3.63, 3.8) is 0 Å². The lowest BCUT2D eigenvalue weighted by molar-refractivity contribution is -0.00255. The number of para-hydroxylation sites is 1. The van der Waals surface area contributed by atoms with Crippen LogP contribution in [-0.2, 0) is 4.74 Å². The van der Waals surface area contributed by atoms with Crippen molar-refractivity contribution in [2.75, 3.05) is 46.9 Å². The summed E-state index contributed by atoms with van der Waals surface area (Å²) in [6.07, 6.45) is 2.06. The van der Waals surface area contributed by atoms with Crippen LogP contribution in [0.5, 0.6) is 5.75 Å². The minimum Gasteiger partial charge on any atom is -0.489 e. The standard InChI is InChI=1S/C21H36N4O2/c1-6-22-20(24-16-21(25(4)5)11-13-26-14-12-21)23-15-18(3)27-19-10-8-7-9-17(19)2/h7-10,18H,6,11-16H2,1-5H3,(H2,22,23,24). The van der Waals surface area contributed by atoms with E-state index in [0.29, 0.717) is 6.54 Å². The van der Waals surface area contributed by atoms with E-state index in [1.54, 1.807) is 0 Å². The maximum Gasteiger partial charge on any atom is 0.191 e. The molecule has 1 atom stereocenters. The Morgan fingerprint density at radius 2 is 1.96 bits per heavy atom. The molecule has 1 aliphatic rings. The Bertz CT molecular complexity index is 598. The fourth-order valence-corrected chi connectivity index (χ4v) is 3.25. The number of nitrogens with zero attached hydrogens (tertiary/aromatic N) is 2. The van der Waals surface area contributed by atoms with Crippen molar-refractivity contribution in [1.82, 2.24) is 15.5 Å². The van der Waals surface area contributed by atoms with E-state index in [1.165, 1.54) is 0 Å². The van der Waals surface area contributed by atoms with Crippen molar-refractivity contribution < 1.29 is 9.47 Å². The minimum atomic E-state index is 0.0424. The number of benzene rings is 1. The van der Waals surface area contributed by atoms with Crippen LogP contribution in [0, 0.1) is 6.92 Å². The van der Waals surface area contributed by atoms with Crippen molar-refractivity contribution in [1.29, 1.82) is 0 Å². The number of ether oxygens (including phenoxy) is 2. The van der Waals surface area contributed by atoms with Crippen molar-refractivity contribution >= 4 is 5.96 Å². The predicted molar refractivity (Wildman–Crippen MR) is 112 cm³/mol. The third-order valence-corrected chi connectivity index (χ3v) is 5.23. The van der Waals surface area contributed by atoms with E-state index in [4.69, 9.17) is 14.5 Å². The van der Waals surface area contributed by atoms with E-state index in [-0.39, 0.29) is 11.6 Å². The van der Waals surface area contributed by atoms with Crippen molar-refractivity contribution in [2.24, 2.45) is 4.99 Å². The third-order valence-electron chi connectivity index (χ3n) is 5.23. The van der Waals surface area contributed by atoms with E-state index in [1.807, 2.05) is 18.2 Å². The lowest BCUT2D eigenvalue weighted by atomic mass is 9.89. The zero-order valence-electron chi connectivity index (χ0n) is 17.5. The summed E-state index contributed by atoms with van der Waals surface area (Å²) < 4.78 is 11.6. The van der Waals surface area contributed by atoms with E-state index in [0.717, 1.165) is 56.4 Å². The largest absolute Gasteiger partial charge is 0.489 e. The van der Waals surface area contributed by atoms with E-state index >= 15 is 0 Å². The number of nitrogens with one attached hydrogen (secondary N) is 2. The molecule has 152 valence electrons. The van der Waals surface area contributed by atoms with Crippen LogP contribution in [0.1, 0.15) is 32.3 Å². The lowest BCUT2D eigenvalue weighted by Crippen LogP contribution is -2.52. The van der Waals surface area contributed by atoms with E-state index < -0.39 is 0 Å². The molecule has 0 radical (unpaired) electrons. The van der Waals surface area contributed by atoms with Gasteiger partial charge in [-0.05, 0) is 59.3 Å². The van der Waals surface area contributed by atoms with Crippen LogP contribution in [0.15, 0.2) is 29.3 Å². The van der Waals surface area contributed by atoms with Gasteiger partial charge in [0.25, 0.3) is 0 Å². The summed E-state index contributed by atoms with van der Waals surface area (Å²) in [6.45, 7) is 10.1. The zero-order valence-corrected chi connectivity index (χ0v) is 17.5. The smallest absolute Gasteiger partial charge is 0.191 e. The van der Waals surface area contributed by atoms with Crippen LogP contribution in [0.3, 0.4) is 0 Å². The first-order valence-electron chi connectivity index (χ1n) is 9.96. The molecule has 1 unspecified atom stereocenters. The first-order valence-corrected chi connectivity index (χ1v) is 9.96. The minimum absolute atomic E-state index is 0.0424. The second-order valence-corrected chi connectivity index (χ2v) is 7.50. The lowest BCUT2D eigenvalue weighted by Gasteiger charge is -2.41. The number of guanidine groups is 1. The predicted octanol–water partition coefficient (Wildman–Crippen LogP) is 2.43. The van der Waals surface area contributed by atoms with Gasteiger partial charge in [-0.1, -0.05) is 18.2 Å². The fraction of sp³-hybridized carbons (Fsp3) is 0.667. The topological polar surface area (TPSA) is 58.1 Å². The van der Waals surface area contributed by atoms with Crippen molar-refractivity contribution in [3.05, 3.63) is 29.8 Å². The molecule has 0 bridgehead atoms. The maximum atomic E-state index is 6.06. The van der Waals surface area contributed by atoms with Crippen LogP contribution >= 0.6 is 0 Å². The normalized spacial score (nSPS) is 18.2. The zero-order chi connectivity index (χ0) is 19.7. The van der Waals surface area contributed by atoms with E-state index in [9.17, 15) is 0 Å². The number of likely N-dealkylation sites (N-methyl/N-ethyl adjacent to an activating group) is 1. The Morgan fingerprint density at radius 1 is 1.26 bits per heavy atom. The average Bonchev–Trinajstić information content (AvgIpc) is 2.66. The molecule has 0 amide bonds. The first-order chi connectivity index (χ1) is 13.0. The molecule has 6 nitrogen and oxygen atoms in total. The molecule has 1 aliphatic heterocycles. The highest BCUT2D eigenvalue weighted by Gasteiger charge is 2.34. The van der Waals surface area contributed by atoms with Crippen LogP contribution in [0.4, 0.5) is 0 Å². The number of rotatable bonds is 8. The first kappa shape index (κ1) is 21.5. The van der Waals surface area contributed by atoms with Gasteiger partial charge >= 0.3 is 0 Å². The Kier molecular flexibility index (Phi) is 8.38. The van der Waals surface area contributed by atoms with Crippen LogP contribution in [-0.4, -0.2) is 69.4 Å². The number of hydrogen-bond donors (Lipinski definition) is 2. The summed E-state index contributed by atoms with van der Waals surface area (Å²) in [6, 6.07) is 8.10. The van der Waals surface area contributed by atoms with Gasteiger partial charge in [-0.3, -0.25) is 4.99 Å². The van der Waals surface area contributed by atoms with Gasteiger partial charge in [-0.2, -0.15) is 0 Å². The monoisotopic (exact) mass is 376 g/mol. The summed E-state index contributed by atoms with van der Waals surface area (Å²) in [5, 5.41) is 6.76. The van der Waals surface area contributed by atoms with Crippen LogP contribution in [0.25, 0.3) is 0 Å². The Balaban J connectivity index is 1.93.